The molecule has 1 aromatic carbocycles. The Morgan fingerprint density at radius 1 is 1.47 bits per heavy atom. The number of rotatable bonds is 1. The van der Waals surface area contributed by atoms with Gasteiger partial charge in [0, 0.05) is 12.2 Å². The molecule has 0 fully saturated rings. The highest BCUT2D eigenvalue weighted by atomic mass is 16.1. The van der Waals surface area contributed by atoms with Crippen molar-refractivity contribution in [2.24, 2.45) is 0 Å². The molecule has 0 amide bonds. The second-order valence-electron chi connectivity index (χ2n) is 3.49. The van der Waals surface area contributed by atoms with Crippen LogP contribution >= 0.6 is 0 Å². The highest BCUT2D eigenvalue weighted by Gasteiger charge is 2.06. The fourth-order valence-corrected chi connectivity index (χ4v) is 1.72. The third kappa shape index (κ3) is 1.48. The van der Waals surface area contributed by atoms with Crippen LogP contribution in [0.15, 0.2) is 23.0 Å². The summed E-state index contributed by atoms with van der Waals surface area (Å²) in [7, 11) is 0. The second-order valence-corrected chi connectivity index (χ2v) is 3.49. The first kappa shape index (κ1) is 9.71. The number of anilines is 1. The number of fused-ring (bicyclic) bond motifs is 1. The Bertz CT molecular complexity index is 572. The van der Waals surface area contributed by atoms with Crippen LogP contribution in [0.25, 0.3) is 10.9 Å². The summed E-state index contributed by atoms with van der Waals surface area (Å²) in [6.45, 7) is 4.39. The molecular formula is C11H13N3O. The van der Waals surface area contributed by atoms with E-state index in [1.54, 1.807) is 22.8 Å². The minimum absolute atomic E-state index is 0.0210. The van der Waals surface area contributed by atoms with Crippen LogP contribution in [0, 0.1) is 6.92 Å². The minimum Gasteiger partial charge on any atom is -0.399 e. The van der Waals surface area contributed by atoms with E-state index in [9.17, 15) is 4.79 Å². The lowest BCUT2D eigenvalue weighted by Gasteiger charge is -2.08. The maximum atomic E-state index is 12.0. The van der Waals surface area contributed by atoms with Crippen molar-refractivity contribution in [1.82, 2.24) is 9.55 Å². The molecule has 0 radical (unpaired) electrons. The van der Waals surface area contributed by atoms with Crippen molar-refractivity contribution in [1.29, 1.82) is 0 Å². The van der Waals surface area contributed by atoms with Crippen molar-refractivity contribution in [3.63, 3.8) is 0 Å². The molecule has 0 spiro atoms. The van der Waals surface area contributed by atoms with Crippen molar-refractivity contribution in [3.8, 4) is 0 Å². The van der Waals surface area contributed by atoms with Gasteiger partial charge >= 0.3 is 0 Å². The Kier molecular flexibility index (Phi) is 2.19. The van der Waals surface area contributed by atoms with Gasteiger partial charge in [-0.3, -0.25) is 9.36 Å². The van der Waals surface area contributed by atoms with Gasteiger partial charge in [-0.2, -0.15) is 0 Å². The molecule has 0 bridgehead atoms. The zero-order chi connectivity index (χ0) is 11.0. The van der Waals surface area contributed by atoms with Crippen molar-refractivity contribution >= 4 is 16.6 Å². The highest BCUT2D eigenvalue weighted by molar-refractivity contribution is 5.81. The standard InChI is InChI=1S/C11H13N3O/c1-3-14-7(2)13-10-5-4-8(12)6-9(10)11(14)15/h4-6H,3,12H2,1-2H3. The van der Waals surface area contributed by atoms with Crippen LogP contribution in [0.5, 0.6) is 0 Å². The van der Waals surface area contributed by atoms with Crippen LogP contribution in [0.4, 0.5) is 5.69 Å². The van der Waals surface area contributed by atoms with Crippen molar-refractivity contribution in [3.05, 3.63) is 34.4 Å². The zero-order valence-corrected chi connectivity index (χ0v) is 8.82. The van der Waals surface area contributed by atoms with E-state index in [-0.39, 0.29) is 5.56 Å². The molecule has 0 saturated carbocycles. The lowest BCUT2D eigenvalue weighted by molar-refractivity contribution is 0.686. The largest absolute Gasteiger partial charge is 0.399 e. The predicted octanol–water partition coefficient (Wildman–Crippen LogP) is 1.31. The number of nitrogens with two attached hydrogens (primary N) is 1. The van der Waals surface area contributed by atoms with Gasteiger partial charge in [0.2, 0.25) is 0 Å². The zero-order valence-electron chi connectivity index (χ0n) is 8.82. The van der Waals surface area contributed by atoms with Gasteiger partial charge in [0.05, 0.1) is 10.9 Å². The molecule has 0 saturated heterocycles. The number of nitrogens with zero attached hydrogens (tertiary/aromatic N) is 2. The Morgan fingerprint density at radius 2 is 2.20 bits per heavy atom. The molecule has 2 aromatic rings. The molecule has 78 valence electrons. The van der Waals surface area contributed by atoms with Crippen molar-refractivity contribution in [2.45, 2.75) is 20.4 Å². The van der Waals surface area contributed by atoms with E-state index in [1.165, 1.54) is 0 Å². The lowest BCUT2D eigenvalue weighted by atomic mass is 10.2. The average Bonchev–Trinajstić information content (AvgIpc) is 2.20. The molecule has 2 N–H and O–H groups in total. The second kappa shape index (κ2) is 3.38. The summed E-state index contributed by atoms with van der Waals surface area (Å²) in [5.41, 5.74) is 6.92. The summed E-state index contributed by atoms with van der Waals surface area (Å²) in [5.74, 6) is 0.736. The molecule has 4 heteroatoms. The average molecular weight is 203 g/mol. The number of nitrogen functional groups attached to an aromatic ring is 1. The number of hydrogen-bond acceptors (Lipinski definition) is 3. The van der Waals surface area contributed by atoms with Gasteiger partial charge < -0.3 is 5.73 Å². The Labute approximate surface area is 87.4 Å². The van der Waals surface area contributed by atoms with E-state index < -0.39 is 0 Å². The smallest absolute Gasteiger partial charge is 0.261 e. The molecule has 15 heavy (non-hydrogen) atoms. The molecule has 4 nitrogen and oxygen atoms in total. The van der Waals surface area contributed by atoms with Crippen LogP contribution in [-0.4, -0.2) is 9.55 Å². The first-order valence-electron chi connectivity index (χ1n) is 4.90. The van der Waals surface area contributed by atoms with E-state index in [0.717, 1.165) is 5.82 Å². The molecule has 0 aliphatic carbocycles. The first-order chi connectivity index (χ1) is 7.13. The molecule has 1 heterocycles. The molecule has 0 aliphatic heterocycles. The van der Waals surface area contributed by atoms with Crippen LogP contribution in [0.2, 0.25) is 0 Å². The van der Waals surface area contributed by atoms with Gasteiger partial charge in [0.15, 0.2) is 0 Å². The highest BCUT2D eigenvalue weighted by Crippen LogP contribution is 2.12. The number of benzene rings is 1. The SMILES string of the molecule is CCn1c(C)nc2ccc(N)cc2c1=O. The van der Waals surface area contributed by atoms with Gasteiger partial charge in [-0.1, -0.05) is 0 Å². The van der Waals surface area contributed by atoms with Gasteiger partial charge in [0.25, 0.3) is 5.56 Å². The molecule has 2 rings (SSSR count). The number of aryl methyl sites for hydroxylation is 1. The molecular weight excluding hydrogens is 190 g/mol. The van der Waals surface area contributed by atoms with E-state index in [1.807, 2.05) is 13.8 Å². The van der Waals surface area contributed by atoms with E-state index in [4.69, 9.17) is 5.73 Å². The van der Waals surface area contributed by atoms with Crippen LogP contribution in [-0.2, 0) is 6.54 Å². The third-order valence-electron chi connectivity index (χ3n) is 2.49. The summed E-state index contributed by atoms with van der Waals surface area (Å²) in [5, 5.41) is 0.586. The predicted molar refractivity (Wildman–Crippen MR) is 60.8 cm³/mol. The van der Waals surface area contributed by atoms with Crippen molar-refractivity contribution < 1.29 is 0 Å². The van der Waals surface area contributed by atoms with Gasteiger partial charge in [-0.05, 0) is 32.0 Å². The quantitative estimate of drug-likeness (QED) is 0.711. The summed E-state index contributed by atoms with van der Waals surface area (Å²) >= 11 is 0. The maximum Gasteiger partial charge on any atom is 0.261 e. The monoisotopic (exact) mass is 203 g/mol. The summed E-state index contributed by atoms with van der Waals surface area (Å²) in [4.78, 5) is 16.4. The van der Waals surface area contributed by atoms with Crippen LogP contribution in [0.1, 0.15) is 12.7 Å². The number of aromatic nitrogens is 2. The summed E-state index contributed by atoms with van der Waals surface area (Å²) in [6.07, 6.45) is 0. The van der Waals surface area contributed by atoms with E-state index in [2.05, 4.69) is 4.98 Å². The van der Waals surface area contributed by atoms with Gasteiger partial charge in [0.1, 0.15) is 5.82 Å². The van der Waals surface area contributed by atoms with Crippen LogP contribution < -0.4 is 11.3 Å². The number of hydrogen-bond donors (Lipinski definition) is 1. The Balaban J connectivity index is 2.92. The molecule has 0 unspecified atom stereocenters. The normalized spacial score (nSPS) is 10.8. The first-order valence-corrected chi connectivity index (χ1v) is 4.90. The Morgan fingerprint density at radius 3 is 2.87 bits per heavy atom. The van der Waals surface area contributed by atoms with E-state index in [0.29, 0.717) is 23.1 Å². The van der Waals surface area contributed by atoms with Gasteiger partial charge in [-0.15, -0.1) is 0 Å². The fourth-order valence-electron chi connectivity index (χ4n) is 1.72. The lowest BCUT2D eigenvalue weighted by Crippen LogP contribution is -2.23. The van der Waals surface area contributed by atoms with Crippen molar-refractivity contribution in [2.75, 3.05) is 5.73 Å². The van der Waals surface area contributed by atoms with Crippen LogP contribution in [0.3, 0.4) is 0 Å². The third-order valence-corrected chi connectivity index (χ3v) is 2.49. The minimum atomic E-state index is -0.0210. The topological polar surface area (TPSA) is 60.9 Å². The van der Waals surface area contributed by atoms with Gasteiger partial charge in [-0.25, -0.2) is 4.98 Å². The maximum absolute atomic E-state index is 12.0. The molecule has 0 aliphatic rings. The summed E-state index contributed by atoms with van der Waals surface area (Å²) in [6, 6.07) is 5.21. The van der Waals surface area contributed by atoms with E-state index >= 15 is 0 Å². The Hall–Kier alpha value is -1.84. The molecule has 0 atom stereocenters. The fraction of sp³-hybridized carbons (Fsp3) is 0.273. The summed E-state index contributed by atoms with van der Waals surface area (Å²) < 4.78 is 1.64. The molecule has 1 aromatic heterocycles.